The van der Waals surface area contributed by atoms with Crippen molar-refractivity contribution in [2.75, 3.05) is 25.5 Å². The number of para-hydroxylation sites is 1. The van der Waals surface area contributed by atoms with Gasteiger partial charge in [0.2, 0.25) is 11.8 Å². The lowest BCUT2D eigenvalue weighted by atomic mass is 9.98. The molecule has 5 heteroatoms. The van der Waals surface area contributed by atoms with Crippen molar-refractivity contribution in [3.05, 3.63) is 29.8 Å². The van der Waals surface area contributed by atoms with Crippen LogP contribution < -0.4 is 16.0 Å². The van der Waals surface area contributed by atoms with Gasteiger partial charge in [-0.15, -0.1) is 0 Å². The van der Waals surface area contributed by atoms with E-state index in [2.05, 4.69) is 16.0 Å². The first-order valence-electron chi connectivity index (χ1n) is 7.00. The van der Waals surface area contributed by atoms with Crippen molar-refractivity contribution >= 4 is 17.5 Å². The van der Waals surface area contributed by atoms with E-state index in [9.17, 15) is 9.59 Å². The highest BCUT2D eigenvalue weighted by Crippen LogP contribution is 2.18. The maximum Gasteiger partial charge on any atom is 0.228 e. The SMILES string of the molecule is CNC(=O)Cc1ccccc1NC(=O)[C@H]1CCCNC1. The Bertz CT molecular complexity index is 482. The Labute approximate surface area is 119 Å². The van der Waals surface area contributed by atoms with Crippen LogP contribution in [0.5, 0.6) is 0 Å². The van der Waals surface area contributed by atoms with Gasteiger partial charge in [-0.1, -0.05) is 18.2 Å². The molecule has 2 rings (SSSR count). The molecule has 0 saturated carbocycles. The fourth-order valence-electron chi connectivity index (χ4n) is 2.37. The number of benzene rings is 1. The number of rotatable bonds is 4. The molecule has 1 saturated heterocycles. The molecule has 20 heavy (non-hydrogen) atoms. The molecular weight excluding hydrogens is 254 g/mol. The Morgan fingerprint density at radius 3 is 2.85 bits per heavy atom. The molecule has 1 heterocycles. The van der Waals surface area contributed by atoms with Crippen molar-refractivity contribution in [1.82, 2.24) is 10.6 Å². The maximum absolute atomic E-state index is 12.2. The van der Waals surface area contributed by atoms with Crippen LogP contribution in [0.2, 0.25) is 0 Å². The lowest BCUT2D eigenvalue weighted by molar-refractivity contribution is -0.121. The van der Waals surface area contributed by atoms with Gasteiger partial charge in [-0.3, -0.25) is 9.59 Å². The van der Waals surface area contributed by atoms with E-state index in [1.807, 2.05) is 24.3 Å². The maximum atomic E-state index is 12.2. The van der Waals surface area contributed by atoms with Gasteiger partial charge in [-0.25, -0.2) is 0 Å². The topological polar surface area (TPSA) is 70.2 Å². The number of amides is 2. The molecule has 1 aromatic carbocycles. The van der Waals surface area contributed by atoms with Crippen LogP contribution in [0.1, 0.15) is 18.4 Å². The normalized spacial score (nSPS) is 18.4. The summed E-state index contributed by atoms with van der Waals surface area (Å²) in [7, 11) is 1.61. The van der Waals surface area contributed by atoms with Gasteiger partial charge in [0.25, 0.3) is 0 Å². The van der Waals surface area contributed by atoms with Crippen molar-refractivity contribution in [1.29, 1.82) is 0 Å². The number of carbonyl (C=O) groups excluding carboxylic acids is 2. The standard InChI is InChI=1S/C15H21N3O2/c1-16-14(19)9-11-5-2-3-7-13(11)18-15(20)12-6-4-8-17-10-12/h2-3,5,7,12,17H,4,6,8-10H2,1H3,(H,16,19)(H,18,20)/t12-/m0/s1. The summed E-state index contributed by atoms with van der Waals surface area (Å²) >= 11 is 0. The van der Waals surface area contributed by atoms with Gasteiger partial charge in [0.1, 0.15) is 0 Å². The third-order valence-electron chi connectivity index (χ3n) is 3.57. The van der Waals surface area contributed by atoms with Gasteiger partial charge >= 0.3 is 0 Å². The summed E-state index contributed by atoms with van der Waals surface area (Å²) < 4.78 is 0. The van der Waals surface area contributed by atoms with Crippen LogP contribution in [0, 0.1) is 5.92 Å². The zero-order valence-electron chi connectivity index (χ0n) is 11.7. The van der Waals surface area contributed by atoms with E-state index in [0.29, 0.717) is 0 Å². The van der Waals surface area contributed by atoms with E-state index in [0.717, 1.165) is 37.2 Å². The molecule has 1 fully saturated rings. The Balaban J connectivity index is 2.04. The minimum atomic E-state index is -0.0639. The van der Waals surface area contributed by atoms with Crippen molar-refractivity contribution < 1.29 is 9.59 Å². The first kappa shape index (κ1) is 14.5. The Morgan fingerprint density at radius 1 is 1.35 bits per heavy atom. The number of piperidine rings is 1. The fourth-order valence-corrected chi connectivity index (χ4v) is 2.37. The monoisotopic (exact) mass is 275 g/mol. The van der Waals surface area contributed by atoms with Crippen LogP contribution in [0.4, 0.5) is 5.69 Å². The molecular formula is C15H21N3O2. The van der Waals surface area contributed by atoms with E-state index < -0.39 is 0 Å². The van der Waals surface area contributed by atoms with E-state index in [-0.39, 0.29) is 24.2 Å². The number of anilines is 1. The number of hydrogen-bond acceptors (Lipinski definition) is 3. The molecule has 0 radical (unpaired) electrons. The average Bonchev–Trinajstić information content (AvgIpc) is 2.50. The highest BCUT2D eigenvalue weighted by Gasteiger charge is 2.21. The second-order valence-electron chi connectivity index (χ2n) is 5.04. The summed E-state index contributed by atoms with van der Waals surface area (Å²) in [6.07, 6.45) is 2.21. The highest BCUT2D eigenvalue weighted by molar-refractivity contribution is 5.94. The van der Waals surface area contributed by atoms with Gasteiger partial charge in [-0.2, -0.15) is 0 Å². The predicted octanol–water partition coefficient (Wildman–Crippen LogP) is 0.913. The van der Waals surface area contributed by atoms with Gasteiger partial charge in [0, 0.05) is 19.3 Å². The molecule has 0 bridgehead atoms. The Morgan fingerprint density at radius 2 is 2.15 bits per heavy atom. The van der Waals surface area contributed by atoms with Crippen molar-refractivity contribution in [2.24, 2.45) is 5.92 Å². The van der Waals surface area contributed by atoms with Gasteiger partial charge in [0.15, 0.2) is 0 Å². The largest absolute Gasteiger partial charge is 0.359 e. The number of likely N-dealkylation sites (N-methyl/N-ethyl adjacent to an activating group) is 1. The summed E-state index contributed by atoms with van der Waals surface area (Å²) in [5.74, 6) is -0.0237. The van der Waals surface area contributed by atoms with E-state index in [4.69, 9.17) is 0 Å². The smallest absolute Gasteiger partial charge is 0.228 e. The summed E-state index contributed by atoms with van der Waals surface area (Å²) in [6, 6.07) is 7.44. The number of nitrogens with one attached hydrogen (secondary N) is 3. The first-order valence-corrected chi connectivity index (χ1v) is 7.00. The van der Waals surface area contributed by atoms with E-state index in [1.165, 1.54) is 0 Å². The second-order valence-corrected chi connectivity index (χ2v) is 5.04. The predicted molar refractivity (Wildman–Crippen MR) is 78.4 cm³/mol. The Hall–Kier alpha value is -1.88. The summed E-state index contributed by atoms with van der Waals surface area (Å²) in [6.45, 7) is 1.71. The minimum absolute atomic E-state index is 0.0109. The molecule has 0 aliphatic carbocycles. The Kier molecular flexibility index (Phi) is 5.12. The fraction of sp³-hybridized carbons (Fsp3) is 0.467. The molecule has 1 aliphatic rings. The van der Waals surface area contributed by atoms with Crippen LogP contribution in [0.25, 0.3) is 0 Å². The average molecular weight is 275 g/mol. The summed E-state index contributed by atoms with van der Waals surface area (Å²) in [4.78, 5) is 23.7. The van der Waals surface area contributed by atoms with Gasteiger partial charge in [-0.05, 0) is 31.0 Å². The van der Waals surface area contributed by atoms with Crippen LogP contribution in [0.3, 0.4) is 0 Å². The molecule has 1 aliphatic heterocycles. The molecule has 0 aromatic heterocycles. The number of hydrogen-bond donors (Lipinski definition) is 3. The lowest BCUT2D eigenvalue weighted by Crippen LogP contribution is -2.37. The zero-order valence-corrected chi connectivity index (χ0v) is 11.7. The molecule has 5 nitrogen and oxygen atoms in total. The van der Waals surface area contributed by atoms with Crippen molar-refractivity contribution in [3.63, 3.8) is 0 Å². The van der Waals surface area contributed by atoms with Gasteiger partial charge < -0.3 is 16.0 Å². The number of carbonyl (C=O) groups is 2. The summed E-state index contributed by atoms with van der Waals surface area (Å²) in [5, 5.41) is 8.78. The van der Waals surface area contributed by atoms with E-state index >= 15 is 0 Å². The lowest BCUT2D eigenvalue weighted by Gasteiger charge is -2.22. The van der Waals surface area contributed by atoms with Crippen LogP contribution in [0.15, 0.2) is 24.3 Å². The third-order valence-corrected chi connectivity index (χ3v) is 3.57. The summed E-state index contributed by atoms with van der Waals surface area (Å²) in [5.41, 5.74) is 1.57. The van der Waals surface area contributed by atoms with Crippen LogP contribution in [-0.4, -0.2) is 32.0 Å². The van der Waals surface area contributed by atoms with Crippen LogP contribution in [-0.2, 0) is 16.0 Å². The molecule has 108 valence electrons. The zero-order chi connectivity index (χ0) is 14.4. The molecule has 1 atom stereocenters. The van der Waals surface area contributed by atoms with Crippen LogP contribution >= 0.6 is 0 Å². The molecule has 2 amide bonds. The molecule has 3 N–H and O–H groups in total. The van der Waals surface area contributed by atoms with E-state index in [1.54, 1.807) is 7.05 Å². The molecule has 1 aromatic rings. The van der Waals surface area contributed by atoms with Gasteiger partial charge in [0.05, 0.1) is 12.3 Å². The first-order chi connectivity index (χ1) is 9.70. The molecule has 0 unspecified atom stereocenters. The molecule has 0 spiro atoms. The highest BCUT2D eigenvalue weighted by atomic mass is 16.2. The van der Waals surface area contributed by atoms with Crippen molar-refractivity contribution in [2.45, 2.75) is 19.3 Å². The third kappa shape index (κ3) is 3.81. The van der Waals surface area contributed by atoms with Crippen molar-refractivity contribution in [3.8, 4) is 0 Å². The minimum Gasteiger partial charge on any atom is -0.359 e. The second kappa shape index (κ2) is 7.05. The quantitative estimate of drug-likeness (QED) is 0.765.